The van der Waals surface area contributed by atoms with Crippen molar-refractivity contribution in [3.63, 3.8) is 0 Å². The number of amides is 1. The topological polar surface area (TPSA) is 101 Å². The zero-order chi connectivity index (χ0) is 13.1. The van der Waals surface area contributed by atoms with Crippen LogP contribution in [0.15, 0.2) is 30.5 Å². The zero-order valence-corrected chi connectivity index (χ0v) is 9.64. The van der Waals surface area contributed by atoms with Gasteiger partial charge in [0.15, 0.2) is 0 Å². The molecule has 1 aromatic carbocycles. The number of aromatic nitrogens is 2. The number of nitrogens with zero attached hydrogens (tertiary/aromatic N) is 2. The van der Waals surface area contributed by atoms with Crippen molar-refractivity contribution in [3.05, 3.63) is 51.2 Å². The second-order valence-electron chi connectivity index (χ2n) is 3.35. The summed E-state index contributed by atoms with van der Waals surface area (Å²) in [5, 5.41) is 19.4. The zero-order valence-electron chi connectivity index (χ0n) is 8.88. The molecular weight excluding hydrogens is 260 g/mol. The molecule has 1 amide bonds. The Labute approximate surface area is 106 Å². The Hall–Kier alpha value is -2.41. The average Bonchev–Trinajstić information content (AvgIpc) is 2.81. The summed E-state index contributed by atoms with van der Waals surface area (Å²) in [4.78, 5) is 21.9. The second kappa shape index (κ2) is 4.84. The molecule has 0 saturated carbocycles. The third kappa shape index (κ3) is 2.46. The molecule has 92 valence electrons. The van der Waals surface area contributed by atoms with E-state index in [2.05, 4.69) is 15.5 Å². The van der Waals surface area contributed by atoms with E-state index in [1.54, 1.807) is 6.07 Å². The lowest BCUT2D eigenvalue weighted by Crippen LogP contribution is -2.13. The normalized spacial score (nSPS) is 10.1. The van der Waals surface area contributed by atoms with Gasteiger partial charge in [0, 0.05) is 18.2 Å². The van der Waals surface area contributed by atoms with E-state index < -0.39 is 10.8 Å². The van der Waals surface area contributed by atoms with Gasteiger partial charge in [0.05, 0.1) is 21.7 Å². The van der Waals surface area contributed by atoms with Crippen LogP contribution in [0.3, 0.4) is 0 Å². The summed E-state index contributed by atoms with van der Waals surface area (Å²) in [6.45, 7) is 0. The van der Waals surface area contributed by atoms with E-state index in [1.807, 2.05) is 0 Å². The molecular formula is C10H7ClN4O3. The van der Waals surface area contributed by atoms with Gasteiger partial charge < -0.3 is 5.32 Å². The number of non-ortho nitro benzene ring substituents is 1. The monoisotopic (exact) mass is 266 g/mol. The molecule has 1 aromatic heterocycles. The Morgan fingerprint density at radius 2 is 2.22 bits per heavy atom. The average molecular weight is 267 g/mol. The van der Waals surface area contributed by atoms with E-state index in [4.69, 9.17) is 11.6 Å². The van der Waals surface area contributed by atoms with Gasteiger partial charge in [-0.25, -0.2) is 0 Å². The smallest absolute Gasteiger partial charge is 0.270 e. The van der Waals surface area contributed by atoms with Crippen molar-refractivity contribution in [2.24, 2.45) is 0 Å². The highest BCUT2D eigenvalue weighted by molar-refractivity contribution is 6.34. The molecule has 2 rings (SSSR count). The Morgan fingerprint density at radius 1 is 1.44 bits per heavy atom. The molecule has 0 aliphatic carbocycles. The highest BCUT2D eigenvalue weighted by Gasteiger charge is 2.16. The van der Waals surface area contributed by atoms with Gasteiger partial charge in [-0.15, -0.1) is 0 Å². The van der Waals surface area contributed by atoms with Crippen LogP contribution in [0.2, 0.25) is 5.02 Å². The summed E-state index contributed by atoms with van der Waals surface area (Å²) < 4.78 is 0. The molecule has 0 atom stereocenters. The molecule has 0 radical (unpaired) electrons. The van der Waals surface area contributed by atoms with Gasteiger partial charge in [-0.3, -0.25) is 20.0 Å². The summed E-state index contributed by atoms with van der Waals surface area (Å²) in [6, 6.07) is 5.20. The number of carbonyl (C=O) groups is 1. The van der Waals surface area contributed by atoms with E-state index in [0.717, 1.165) is 6.07 Å². The maximum absolute atomic E-state index is 11.8. The van der Waals surface area contributed by atoms with Crippen molar-refractivity contribution in [2.45, 2.75) is 0 Å². The lowest BCUT2D eigenvalue weighted by atomic mass is 10.2. The summed E-state index contributed by atoms with van der Waals surface area (Å²) in [5.41, 5.74) is -0.172. The molecule has 0 bridgehead atoms. The van der Waals surface area contributed by atoms with Crippen LogP contribution in [0.4, 0.5) is 11.5 Å². The highest BCUT2D eigenvalue weighted by atomic mass is 35.5. The number of halogens is 1. The van der Waals surface area contributed by atoms with E-state index in [-0.39, 0.29) is 16.3 Å². The number of hydrogen-bond donors (Lipinski definition) is 2. The minimum absolute atomic E-state index is 0.0282. The van der Waals surface area contributed by atoms with Gasteiger partial charge >= 0.3 is 0 Å². The first kappa shape index (κ1) is 12.1. The molecule has 2 aromatic rings. The summed E-state index contributed by atoms with van der Waals surface area (Å²) in [6.07, 6.45) is 1.46. The minimum Gasteiger partial charge on any atom is -0.307 e. The molecule has 1 heterocycles. The summed E-state index contributed by atoms with van der Waals surface area (Å²) in [5.74, 6) is -0.171. The van der Waals surface area contributed by atoms with E-state index in [1.165, 1.54) is 18.3 Å². The largest absolute Gasteiger partial charge is 0.307 e. The fourth-order valence-corrected chi connectivity index (χ4v) is 1.52. The summed E-state index contributed by atoms with van der Waals surface area (Å²) in [7, 11) is 0. The molecule has 2 N–H and O–H groups in total. The van der Waals surface area contributed by atoms with Gasteiger partial charge in [0.2, 0.25) is 0 Å². The number of nitro groups is 1. The predicted octanol–water partition coefficient (Wildman–Crippen LogP) is 2.22. The van der Waals surface area contributed by atoms with E-state index in [0.29, 0.717) is 5.82 Å². The predicted molar refractivity (Wildman–Crippen MR) is 64.6 cm³/mol. The second-order valence-corrected chi connectivity index (χ2v) is 3.75. The first-order chi connectivity index (χ1) is 8.58. The number of nitrogens with one attached hydrogen (secondary N) is 2. The van der Waals surface area contributed by atoms with Gasteiger partial charge in [0.1, 0.15) is 5.82 Å². The number of hydrogen-bond acceptors (Lipinski definition) is 4. The van der Waals surface area contributed by atoms with Crippen molar-refractivity contribution in [1.29, 1.82) is 0 Å². The lowest BCUT2D eigenvalue weighted by Gasteiger charge is -2.04. The third-order valence-corrected chi connectivity index (χ3v) is 2.48. The summed E-state index contributed by atoms with van der Waals surface area (Å²) >= 11 is 5.83. The van der Waals surface area contributed by atoms with Crippen LogP contribution in [-0.2, 0) is 0 Å². The molecule has 18 heavy (non-hydrogen) atoms. The van der Waals surface area contributed by atoms with Crippen LogP contribution < -0.4 is 5.32 Å². The highest BCUT2D eigenvalue weighted by Crippen LogP contribution is 2.22. The number of rotatable bonds is 3. The molecule has 0 spiro atoms. The number of carbonyl (C=O) groups excluding carboxylic acids is 1. The van der Waals surface area contributed by atoms with Crippen LogP contribution in [0.1, 0.15) is 10.4 Å². The first-order valence-electron chi connectivity index (χ1n) is 4.82. The van der Waals surface area contributed by atoms with E-state index >= 15 is 0 Å². The van der Waals surface area contributed by atoms with Crippen molar-refractivity contribution < 1.29 is 9.72 Å². The van der Waals surface area contributed by atoms with Crippen molar-refractivity contribution in [1.82, 2.24) is 10.2 Å². The van der Waals surface area contributed by atoms with Crippen LogP contribution >= 0.6 is 11.6 Å². The van der Waals surface area contributed by atoms with Crippen LogP contribution in [0, 0.1) is 10.1 Å². The Balaban J connectivity index is 2.29. The number of nitro benzene ring substituents is 1. The maximum atomic E-state index is 11.8. The molecule has 0 saturated heterocycles. The van der Waals surface area contributed by atoms with Crippen LogP contribution in [0.5, 0.6) is 0 Å². The van der Waals surface area contributed by atoms with Crippen molar-refractivity contribution in [3.8, 4) is 0 Å². The molecule has 8 heteroatoms. The number of H-pyrrole nitrogens is 1. The fourth-order valence-electron chi connectivity index (χ4n) is 1.32. The van der Waals surface area contributed by atoms with Gasteiger partial charge in [-0.2, -0.15) is 5.10 Å². The van der Waals surface area contributed by atoms with E-state index in [9.17, 15) is 14.9 Å². The molecule has 0 unspecified atom stereocenters. The van der Waals surface area contributed by atoms with Crippen molar-refractivity contribution in [2.75, 3.05) is 5.32 Å². The lowest BCUT2D eigenvalue weighted by molar-refractivity contribution is -0.384. The molecule has 0 aliphatic rings. The maximum Gasteiger partial charge on any atom is 0.270 e. The SMILES string of the molecule is O=C(Nc1ccn[nH]1)c1cc([N+](=O)[O-])ccc1Cl. The third-order valence-electron chi connectivity index (χ3n) is 2.15. The quantitative estimate of drug-likeness (QED) is 0.657. The van der Waals surface area contributed by atoms with Crippen molar-refractivity contribution >= 4 is 29.0 Å². The fraction of sp³-hybridized carbons (Fsp3) is 0. The Bertz CT molecular complexity index is 597. The Morgan fingerprint density at radius 3 is 2.83 bits per heavy atom. The van der Waals surface area contributed by atoms with Crippen LogP contribution in [0.25, 0.3) is 0 Å². The standard InChI is InChI=1S/C10H7ClN4O3/c11-8-2-1-6(15(17)18)5-7(8)10(16)13-9-3-4-12-14-9/h1-5H,(H2,12,13,14,16). The van der Waals surface area contributed by atoms with Gasteiger partial charge in [0.25, 0.3) is 11.6 Å². The first-order valence-corrected chi connectivity index (χ1v) is 5.20. The molecule has 7 nitrogen and oxygen atoms in total. The van der Waals surface area contributed by atoms with Gasteiger partial charge in [-0.1, -0.05) is 11.6 Å². The molecule has 0 fully saturated rings. The van der Waals surface area contributed by atoms with Gasteiger partial charge in [-0.05, 0) is 6.07 Å². The number of anilines is 1. The van der Waals surface area contributed by atoms with Crippen LogP contribution in [-0.4, -0.2) is 21.0 Å². The Kier molecular flexibility index (Phi) is 3.24. The number of aromatic amines is 1. The molecule has 0 aliphatic heterocycles. The minimum atomic E-state index is -0.594. The number of benzene rings is 1.